The Morgan fingerprint density at radius 3 is 0.590 bits per heavy atom. The van der Waals surface area contributed by atoms with Crippen LogP contribution in [-0.2, 0) is 21.9 Å². The predicted molar refractivity (Wildman–Crippen MR) is 307 cm³/mol. The van der Waals surface area contributed by atoms with E-state index >= 15 is 0 Å². The quantitative estimate of drug-likeness (QED) is 0.0561. The van der Waals surface area contributed by atoms with Crippen LogP contribution in [0.15, 0.2) is 182 Å². The van der Waals surface area contributed by atoms with E-state index in [9.17, 15) is 40.5 Å². The lowest BCUT2D eigenvalue weighted by molar-refractivity contribution is -0.394. The molecule has 0 aliphatic heterocycles. The Morgan fingerprint density at radius 2 is 0.462 bits per heavy atom. The van der Waals surface area contributed by atoms with E-state index in [1.807, 2.05) is 41.5 Å². The maximum Gasteiger partial charge on any atom is 0.276 e. The van der Waals surface area contributed by atoms with Crippen molar-refractivity contribution in [1.82, 2.24) is 0 Å². The number of nitro benzene ring substituents is 4. The van der Waals surface area contributed by atoms with E-state index in [2.05, 4.69) is 146 Å². The molecule has 8 aromatic rings. The van der Waals surface area contributed by atoms with Crippen molar-refractivity contribution in [3.05, 3.63) is 267 Å². The molecule has 0 amide bonds. The molecule has 0 saturated heterocycles. The zero-order chi connectivity index (χ0) is 57.5. The Kier molecular flexibility index (Phi) is 20.6. The third kappa shape index (κ3) is 15.6. The second kappa shape index (κ2) is 26.8. The Labute approximate surface area is 453 Å². The van der Waals surface area contributed by atoms with Gasteiger partial charge in [-0.25, -0.2) is 0 Å². The first-order valence-electron chi connectivity index (χ1n) is 24.2. The van der Waals surface area contributed by atoms with Crippen molar-refractivity contribution in [1.29, 1.82) is 0 Å². The monoisotopic (exact) mass is 1090 g/mol. The van der Waals surface area contributed by atoms with Gasteiger partial charge in [0.15, 0.2) is 0 Å². The van der Waals surface area contributed by atoms with E-state index in [1.54, 1.807) is 0 Å². The molecule has 0 saturated carbocycles. The van der Waals surface area contributed by atoms with Gasteiger partial charge >= 0.3 is 0 Å². The molecule has 0 aliphatic carbocycles. The normalized spacial score (nSPS) is 10.8. The number of carboxylic acids is 2. The lowest BCUT2D eigenvalue weighted by Crippen LogP contribution is -2.32. The maximum absolute atomic E-state index is 11.6. The fraction of sp³-hybridized carbons (Fsp3) is 0.167. The van der Waals surface area contributed by atoms with E-state index in [1.165, 1.54) is 24.3 Å². The third-order valence-electron chi connectivity index (χ3n) is 12.5. The molecule has 0 aromatic heterocycles. The van der Waals surface area contributed by atoms with Crippen molar-refractivity contribution in [3.8, 4) is 0 Å². The summed E-state index contributed by atoms with van der Waals surface area (Å²) in [6.45, 7) is 14.1. The second-order valence-electron chi connectivity index (χ2n) is 18.7. The van der Waals surface area contributed by atoms with Crippen LogP contribution in [0.2, 0.25) is 0 Å². The molecule has 0 heterocycles. The summed E-state index contributed by atoms with van der Waals surface area (Å²) >= 11 is 0. The van der Waals surface area contributed by atoms with Crippen molar-refractivity contribution in [3.63, 3.8) is 0 Å². The zero-order valence-corrected chi connectivity index (χ0v) is 46.1. The lowest BCUT2D eigenvalue weighted by Gasteiger charge is -2.28. The fourth-order valence-corrected chi connectivity index (χ4v) is 17.0. The van der Waals surface area contributed by atoms with Crippen molar-refractivity contribution >= 4 is 81.0 Å². The number of hydrogen-bond donors (Lipinski definition) is 0. The number of nitrogens with zero attached hydrogens (tertiary/aromatic N) is 4. The number of carboxylic acid groups (broad SMARTS) is 2. The van der Waals surface area contributed by atoms with Gasteiger partial charge in [0.2, 0.25) is 0 Å². The Balaban J connectivity index is 0.000000253. The molecular weight excluding hydrogens is 1030 g/mol. The number of rotatable bonds is 14. The van der Waals surface area contributed by atoms with Crippen molar-refractivity contribution in [2.45, 2.75) is 67.7 Å². The molecule has 0 aliphatic rings. The summed E-state index contributed by atoms with van der Waals surface area (Å²) in [5, 5.41) is 70.9. The molecule has 0 atom stereocenters. The summed E-state index contributed by atoms with van der Waals surface area (Å²) in [7, 11) is -4.76. The van der Waals surface area contributed by atoms with Crippen LogP contribution in [0.25, 0.3) is 0 Å². The minimum absolute atomic E-state index is 0.274. The molecule has 0 radical (unpaired) electrons. The average molecular weight is 1090 g/mol. The Bertz CT molecular complexity index is 2900. The molecule has 78 heavy (non-hydrogen) atoms. The van der Waals surface area contributed by atoms with Gasteiger partial charge in [0.25, 0.3) is 22.7 Å². The standard InChI is InChI=1S/2C28H26N2O4P.2C2H4O2/c2*1-20-4-10-26(11-5-20)35(27-12-6-21(2)7-13-27,28-14-8-22(3)9-15-28)19-23-16-24(29(31)32)18-25(17-23)30(33)34;2*1-2(3)4/h2*4-18H,19H2,1-3H3;2*1H3,(H,3,4)/q2*+1;;/p-2. The average Bonchev–Trinajstić information content (AvgIpc) is 3.43. The van der Waals surface area contributed by atoms with Gasteiger partial charge in [-0.3, -0.25) is 40.5 Å². The van der Waals surface area contributed by atoms with Crippen LogP contribution in [0.3, 0.4) is 0 Å². The van der Waals surface area contributed by atoms with Gasteiger partial charge < -0.3 is 19.8 Å². The smallest absolute Gasteiger partial charge is 0.276 e. The predicted octanol–water partition coefficient (Wildman–Crippen LogP) is 9.36. The van der Waals surface area contributed by atoms with Gasteiger partial charge in [-0.1, -0.05) is 106 Å². The fourth-order valence-electron chi connectivity index (χ4n) is 8.70. The Morgan fingerprint density at radius 1 is 0.321 bits per heavy atom. The van der Waals surface area contributed by atoms with Crippen LogP contribution in [0.4, 0.5) is 22.7 Å². The number of aliphatic carboxylic acids is 2. The van der Waals surface area contributed by atoms with Gasteiger partial charge in [-0.05, 0) is 128 Å². The number of hydrogen-bond acceptors (Lipinski definition) is 12. The minimum Gasteiger partial charge on any atom is -0.550 e. The van der Waals surface area contributed by atoms with Crippen LogP contribution >= 0.6 is 14.5 Å². The molecule has 400 valence electrons. The number of aryl methyl sites for hydroxylation is 6. The summed E-state index contributed by atoms with van der Waals surface area (Å²) < 4.78 is 0. The first-order valence-corrected chi connectivity index (χ1v) is 28.2. The number of carbonyl (C=O) groups is 2. The second-order valence-corrected chi connectivity index (χ2v) is 25.6. The van der Waals surface area contributed by atoms with Crippen LogP contribution in [-0.4, -0.2) is 31.6 Å². The molecule has 18 heteroatoms. The summed E-state index contributed by atoms with van der Waals surface area (Å²) in [6.07, 6.45) is 0.843. The largest absolute Gasteiger partial charge is 0.550 e. The molecule has 8 rings (SSSR count). The Hall–Kier alpha value is -8.84. The summed E-state index contributed by atoms with van der Waals surface area (Å²) in [6, 6.07) is 58.2. The van der Waals surface area contributed by atoms with Crippen LogP contribution in [0, 0.1) is 82.0 Å². The van der Waals surface area contributed by atoms with Crippen LogP contribution < -0.4 is 42.0 Å². The molecule has 16 nitrogen and oxygen atoms in total. The highest BCUT2D eigenvalue weighted by molar-refractivity contribution is 7.95. The van der Waals surface area contributed by atoms with Crippen molar-refractivity contribution in [2.75, 3.05) is 0 Å². The zero-order valence-electron chi connectivity index (χ0n) is 44.3. The van der Waals surface area contributed by atoms with Gasteiger partial charge in [0.1, 0.15) is 46.4 Å². The topological polar surface area (TPSA) is 253 Å². The molecule has 0 bridgehead atoms. The first kappa shape index (κ1) is 60.0. The van der Waals surface area contributed by atoms with Gasteiger partial charge in [-0.2, -0.15) is 0 Å². The van der Waals surface area contributed by atoms with Crippen molar-refractivity contribution < 1.29 is 39.5 Å². The number of benzene rings is 8. The van der Waals surface area contributed by atoms with Crippen LogP contribution in [0.1, 0.15) is 58.4 Å². The lowest BCUT2D eigenvalue weighted by atomic mass is 10.2. The first-order chi connectivity index (χ1) is 36.8. The van der Waals surface area contributed by atoms with E-state index in [0.717, 1.165) is 91.2 Å². The summed E-state index contributed by atoms with van der Waals surface area (Å²) in [5.41, 5.74) is 6.83. The number of nitro groups is 4. The number of carbonyl (C=O) groups excluding carboxylic acids is 2. The van der Waals surface area contributed by atoms with Crippen LogP contribution in [0.5, 0.6) is 0 Å². The molecular formula is C60H58N4O12P2. The highest BCUT2D eigenvalue weighted by Gasteiger charge is 2.47. The molecule has 8 aromatic carbocycles. The van der Waals surface area contributed by atoms with Crippen molar-refractivity contribution in [2.24, 2.45) is 0 Å². The van der Waals surface area contributed by atoms with E-state index in [-0.39, 0.29) is 22.7 Å². The highest BCUT2D eigenvalue weighted by Crippen LogP contribution is 2.60. The molecule has 0 spiro atoms. The maximum atomic E-state index is 11.6. The third-order valence-corrected chi connectivity index (χ3v) is 21.2. The van der Waals surface area contributed by atoms with Gasteiger partial charge in [-0.15, -0.1) is 0 Å². The minimum atomic E-state index is -2.38. The number of non-ortho nitro benzene ring substituents is 4. The van der Waals surface area contributed by atoms with E-state index in [4.69, 9.17) is 19.8 Å². The van der Waals surface area contributed by atoms with E-state index in [0.29, 0.717) is 23.5 Å². The molecule has 0 fully saturated rings. The molecule has 0 unspecified atom stereocenters. The highest BCUT2D eigenvalue weighted by atomic mass is 31.2. The SMILES string of the molecule is CC(=O)[O-].CC(=O)[O-].Cc1ccc([P+](Cc2cc([N+](=O)[O-])cc([N+](=O)[O-])c2)(c2ccc(C)cc2)c2ccc(C)cc2)cc1.Cc1ccc([P+](Cc2cc([N+](=O)[O-])cc([N+](=O)[O-])c2)(c2ccc(C)cc2)c2ccc(C)cc2)cc1. The van der Waals surface area contributed by atoms with E-state index < -0.39 is 46.2 Å². The van der Waals surface area contributed by atoms with Gasteiger partial charge in [0.05, 0.1) is 44.1 Å². The summed E-state index contributed by atoms with van der Waals surface area (Å²) in [5.74, 6) is -2.17. The van der Waals surface area contributed by atoms with Gasteiger partial charge in [0, 0.05) is 47.3 Å². The summed E-state index contributed by atoms with van der Waals surface area (Å²) in [4.78, 5) is 61.9. The molecule has 0 N–H and O–H groups in total.